The quantitative estimate of drug-likeness (QED) is 0.571. The molecule has 0 fully saturated rings. The predicted molar refractivity (Wildman–Crippen MR) is 44.8 cm³/mol. The molecule has 5 heteroatoms. The highest BCUT2D eigenvalue weighted by atomic mass is 19.1. The van der Waals surface area contributed by atoms with Gasteiger partial charge in [-0.2, -0.15) is 0 Å². The van der Waals surface area contributed by atoms with E-state index >= 15 is 0 Å². The minimum atomic E-state index is -0.931. The molecule has 0 amide bonds. The maximum absolute atomic E-state index is 13.0. The summed E-state index contributed by atoms with van der Waals surface area (Å²) < 4.78 is 17.3. The summed E-state index contributed by atoms with van der Waals surface area (Å²) in [6.45, 7) is 0. The van der Waals surface area contributed by atoms with Crippen molar-refractivity contribution in [3.05, 3.63) is 29.1 Å². The second kappa shape index (κ2) is 3.87. The summed E-state index contributed by atoms with van der Waals surface area (Å²) in [4.78, 5) is 21.3. The number of aldehydes is 1. The third-order valence-corrected chi connectivity index (χ3v) is 1.65. The topological polar surface area (TPSA) is 63.6 Å². The summed E-state index contributed by atoms with van der Waals surface area (Å²) >= 11 is 0. The van der Waals surface area contributed by atoms with E-state index < -0.39 is 17.5 Å². The first-order valence-corrected chi connectivity index (χ1v) is 3.66. The van der Waals surface area contributed by atoms with Gasteiger partial charge >= 0.3 is 5.97 Å². The van der Waals surface area contributed by atoms with Crippen LogP contribution in [-0.2, 0) is 4.74 Å². The first-order valence-electron chi connectivity index (χ1n) is 3.66. The zero-order valence-corrected chi connectivity index (χ0v) is 7.28. The number of aromatic hydroxyl groups is 1. The van der Waals surface area contributed by atoms with E-state index in [1.165, 1.54) is 0 Å². The Morgan fingerprint density at radius 3 is 2.71 bits per heavy atom. The van der Waals surface area contributed by atoms with Crippen LogP contribution in [0.2, 0.25) is 0 Å². The summed E-state index contributed by atoms with van der Waals surface area (Å²) in [7, 11) is 1.09. The van der Waals surface area contributed by atoms with E-state index in [1.807, 2.05) is 0 Å². The number of rotatable bonds is 2. The number of hydrogen-bond acceptors (Lipinski definition) is 4. The number of halogens is 1. The molecule has 0 atom stereocenters. The van der Waals surface area contributed by atoms with Crippen molar-refractivity contribution in [3.8, 4) is 5.75 Å². The number of benzene rings is 1. The average molecular weight is 198 g/mol. The van der Waals surface area contributed by atoms with Crippen molar-refractivity contribution in [1.82, 2.24) is 0 Å². The fourth-order valence-corrected chi connectivity index (χ4v) is 0.940. The molecule has 14 heavy (non-hydrogen) atoms. The van der Waals surface area contributed by atoms with Crippen molar-refractivity contribution >= 4 is 12.3 Å². The van der Waals surface area contributed by atoms with Crippen LogP contribution in [0.15, 0.2) is 12.1 Å². The Hall–Kier alpha value is -1.91. The molecule has 1 aromatic rings. The van der Waals surface area contributed by atoms with E-state index in [0.717, 1.165) is 13.2 Å². The van der Waals surface area contributed by atoms with Crippen molar-refractivity contribution in [2.24, 2.45) is 0 Å². The Labute approximate surface area is 78.9 Å². The van der Waals surface area contributed by atoms with Crippen LogP contribution in [0.4, 0.5) is 4.39 Å². The molecule has 1 aromatic carbocycles. The van der Waals surface area contributed by atoms with Gasteiger partial charge in [-0.3, -0.25) is 4.79 Å². The van der Waals surface area contributed by atoms with E-state index in [4.69, 9.17) is 5.11 Å². The van der Waals surface area contributed by atoms with Gasteiger partial charge in [-0.05, 0) is 6.07 Å². The molecule has 0 spiro atoms. The molecular weight excluding hydrogens is 191 g/mol. The van der Waals surface area contributed by atoms with Gasteiger partial charge in [-0.15, -0.1) is 0 Å². The van der Waals surface area contributed by atoms with Crippen LogP contribution in [0.5, 0.6) is 5.75 Å². The molecule has 0 bridgehead atoms. The van der Waals surface area contributed by atoms with E-state index in [1.54, 1.807) is 0 Å². The van der Waals surface area contributed by atoms with Crippen LogP contribution in [0.1, 0.15) is 20.7 Å². The average Bonchev–Trinajstić information content (AvgIpc) is 2.17. The molecule has 0 aromatic heterocycles. The van der Waals surface area contributed by atoms with Crippen LogP contribution in [0.3, 0.4) is 0 Å². The molecule has 0 aliphatic rings. The summed E-state index contributed by atoms with van der Waals surface area (Å²) in [6, 6.07) is 1.62. The molecule has 0 aliphatic carbocycles. The first kappa shape index (κ1) is 10.2. The lowest BCUT2D eigenvalue weighted by Gasteiger charge is -2.03. The van der Waals surface area contributed by atoms with Gasteiger partial charge in [0.25, 0.3) is 0 Å². The van der Waals surface area contributed by atoms with Gasteiger partial charge in [-0.1, -0.05) is 0 Å². The SMILES string of the molecule is COC(=O)c1cc(C=O)c(O)cc1F. The van der Waals surface area contributed by atoms with Gasteiger partial charge in [-0.25, -0.2) is 9.18 Å². The molecule has 0 unspecified atom stereocenters. The number of hydrogen-bond donors (Lipinski definition) is 1. The predicted octanol–water partition coefficient (Wildman–Crippen LogP) is 1.13. The van der Waals surface area contributed by atoms with Crippen LogP contribution < -0.4 is 0 Å². The second-order valence-electron chi connectivity index (χ2n) is 2.50. The van der Waals surface area contributed by atoms with Crippen LogP contribution in [-0.4, -0.2) is 24.5 Å². The number of phenolic OH excluding ortho intramolecular Hbond substituents is 1. The lowest BCUT2D eigenvalue weighted by Crippen LogP contribution is -2.05. The van der Waals surface area contributed by atoms with Crippen LogP contribution in [0, 0.1) is 5.82 Å². The monoisotopic (exact) mass is 198 g/mol. The number of ether oxygens (including phenoxy) is 1. The fourth-order valence-electron chi connectivity index (χ4n) is 0.940. The summed E-state index contributed by atoms with van der Waals surface area (Å²) in [5, 5.41) is 9.05. The van der Waals surface area contributed by atoms with Gasteiger partial charge in [0, 0.05) is 6.07 Å². The van der Waals surface area contributed by atoms with Gasteiger partial charge in [0.05, 0.1) is 18.2 Å². The van der Waals surface area contributed by atoms with Gasteiger partial charge < -0.3 is 9.84 Å². The highest BCUT2D eigenvalue weighted by Crippen LogP contribution is 2.20. The molecule has 74 valence electrons. The third kappa shape index (κ3) is 1.71. The van der Waals surface area contributed by atoms with Crippen molar-refractivity contribution in [3.63, 3.8) is 0 Å². The Bertz CT molecular complexity index is 387. The Kier molecular flexibility index (Phi) is 2.81. The number of carbonyl (C=O) groups excluding carboxylic acids is 2. The molecule has 0 radical (unpaired) electrons. The number of methoxy groups -OCH3 is 1. The summed E-state index contributed by atoms with van der Waals surface area (Å²) in [6.07, 6.45) is 0.321. The standard InChI is InChI=1S/C9H7FO4/c1-14-9(13)6-2-5(4-11)8(12)3-7(6)10/h2-4,12H,1H3. The minimum absolute atomic E-state index is 0.160. The van der Waals surface area contributed by atoms with Gasteiger partial charge in [0.2, 0.25) is 0 Å². The smallest absolute Gasteiger partial charge is 0.340 e. The molecule has 1 N–H and O–H groups in total. The number of phenols is 1. The maximum atomic E-state index is 13.0. The molecule has 4 nitrogen and oxygen atoms in total. The van der Waals surface area contributed by atoms with E-state index in [0.29, 0.717) is 12.4 Å². The summed E-state index contributed by atoms with van der Waals surface area (Å²) in [5.74, 6) is -2.34. The largest absolute Gasteiger partial charge is 0.507 e. The Balaban J connectivity index is 3.30. The van der Waals surface area contributed by atoms with Gasteiger partial charge in [0.15, 0.2) is 6.29 Å². The normalized spacial score (nSPS) is 9.57. The molecule has 0 heterocycles. The van der Waals surface area contributed by atoms with Crippen molar-refractivity contribution < 1.29 is 23.8 Å². The number of esters is 1. The van der Waals surface area contributed by atoms with Crippen molar-refractivity contribution in [2.75, 3.05) is 7.11 Å². The Morgan fingerprint density at radius 2 is 2.21 bits per heavy atom. The molecule has 0 saturated heterocycles. The van der Waals surface area contributed by atoms with Crippen molar-refractivity contribution in [1.29, 1.82) is 0 Å². The fraction of sp³-hybridized carbons (Fsp3) is 0.111. The van der Waals surface area contributed by atoms with Crippen molar-refractivity contribution in [2.45, 2.75) is 0 Å². The Morgan fingerprint density at radius 1 is 1.57 bits per heavy atom. The maximum Gasteiger partial charge on any atom is 0.340 e. The van der Waals surface area contributed by atoms with E-state index in [2.05, 4.69) is 4.74 Å². The lowest BCUT2D eigenvalue weighted by molar-refractivity contribution is 0.0595. The molecular formula is C9H7FO4. The highest BCUT2D eigenvalue weighted by molar-refractivity contribution is 5.92. The van der Waals surface area contributed by atoms with Crippen LogP contribution >= 0.6 is 0 Å². The third-order valence-electron chi connectivity index (χ3n) is 1.65. The lowest BCUT2D eigenvalue weighted by atomic mass is 10.1. The second-order valence-corrected chi connectivity index (χ2v) is 2.50. The minimum Gasteiger partial charge on any atom is -0.507 e. The molecule has 0 saturated carbocycles. The van der Waals surface area contributed by atoms with E-state index in [-0.39, 0.29) is 11.1 Å². The molecule has 0 aliphatic heterocycles. The highest BCUT2D eigenvalue weighted by Gasteiger charge is 2.15. The van der Waals surface area contributed by atoms with E-state index in [9.17, 15) is 14.0 Å². The zero-order valence-electron chi connectivity index (χ0n) is 7.28. The number of carbonyl (C=O) groups is 2. The molecule has 1 rings (SSSR count). The van der Waals surface area contributed by atoms with Gasteiger partial charge in [0.1, 0.15) is 11.6 Å². The first-order chi connectivity index (χ1) is 6.60. The zero-order chi connectivity index (χ0) is 10.7. The van der Waals surface area contributed by atoms with Crippen LogP contribution in [0.25, 0.3) is 0 Å². The summed E-state index contributed by atoms with van der Waals surface area (Å²) in [5.41, 5.74) is -0.542.